The van der Waals surface area contributed by atoms with Crippen LogP contribution in [0, 0.1) is 0 Å². The monoisotopic (exact) mass is 177 g/mol. The molecule has 0 amide bonds. The molecule has 0 heterocycles. The van der Waals surface area contributed by atoms with Gasteiger partial charge >= 0.3 is 0 Å². The van der Waals surface area contributed by atoms with Gasteiger partial charge in [0.25, 0.3) is 0 Å². The molecule has 64 valence electrons. The summed E-state index contributed by atoms with van der Waals surface area (Å²) in [5.74, 6) is 0. The molecule has 0 aromatic rings. The van der Waals surface area contributed by atoms with Crippen LogP contribution in [0.2, 0.25) is 0 Å². The Labute approximate surface area is 65.8 Å². The van der Waals surface area contributed by atoms with Crippen LogP contribution in [0.25, 0.3) is 0 Å². The molecule has 0 bridgehead atoms. The van der Waals surface area contributed by atoms with E-state index in [4.69, 9.17) is 10.9 Å². The molecule has 0 unspecified atom stereocenters. The predicted octanol–water partition coefficient (Wildman–Crippen LogP) is -0.834. The molecule has 0 spiro atoms. The highest BCUT2D eigenvalue weighted by Gasteiger charge is 2.10. The second kappa shape index (κ2) is 3.49. The molecule has 0 radical (unpaired) electrons. The summed E-state index contributed by atoms with van der Waals surface area (Å²) in [7, 11) is -2.28. The maximum atomic E-state index is 10.7. The molecule has 0 aliphatic carbocycles. The molecular weight excluding hydrogens is 166 g/mol. The average molecular weight is 177 g/mol. The quantitative estimate of drug-likeness (QED) is 0.538. The minimum Gasteiger partial charge on any atom is -0.401 e. The first-order valence-electron chi connectivity index (χ1n) is 2.81. The van der Waals surface area contributed by atoms with Gasteiger partial charge in [-0.3, -0.25) is 4.99 Å². The topological polar surface area (TPSA) is 98.5 Å². The van der Waals surface area contributed by atoms with E-state index in [1.165, 1.54) is 14.0 Å². The number of nitrogens with two attached hydrogens (primary N) is 2. The fraction of sp³-hybridized carbons (Fsp3) is 0.400. The van der Waals surface area contributed by atoms with Crippen molar-refractivity contribution in [1.29, 1.82) is 0 Å². The zero-order valence-electron chi connectivity index (χ0n) is 6.40. The maximum Gasteiger partial charge on any atom is 0.241 e. The first-order chi connectivity index (χ1) is 4.89. The third-order valence-corrected chi connectivity index (χ3v) is 1.98. The molecule has 6 heteroatoms. The first kappa shape index (κ1) is 10.1. The Hall–Kier alpha value is -0.880. The number of hydrogen-bond donors (Lipinski definition) is 2. The van der Waals surface area contributed by atoms with E-state index < -0.39 is 10.0 Å². The van der Waals surface area contributed by atoms with E-state index in [9.17, 15) is 8.42 Å². The van der Waals surface area contributed by atoms with Crippen molar-refractivity contribution in [2.24, 2.45) is 15.9 Å². The predicted molar refractivity (Wildman–Crippen MR) is 44.4 cm³/mol. The van der Waals surface area contributed by atoms with E-state index in [0.29, 0.717) is 0 Å². The lowest BCUT2D eigenvalue weighted by molar-refractivity contribution is 0.605. The molecular formula is C5H11N3O2S. The van der Waals surface area contributed by atoms with Gasteiger partial charge in [-0.25, -0.2) is 13.6 Å². The number of rotatable bonds is 2. The van der Waals surface area contributed by atoms with Gasteiger partial charge in [-0.2, -0.15) is 0 Å². The molecule has 0 atom stereocenters. The van der Waals surface area contributed by atoms with E-state index in [1.807, 2.05) is 0 Å². The summed E-state index contributed by atoms with van der Waals surface area (Å²) < 4.78 is 21.4. The van der Waals surface area contributed by atoms with Crippen molar-refractivity contribution in [1.82, 2.24) is 0 Å². The van der Waals surface area contributed by atoms with E-state index in [2.05, 4.69) is 4.99 Å². The lowest BCUT2D eigenvalue weighted by Gasteiger charge is -1.99. The molecule has 0 aliphatic rings. The van der Waals surface area contributed by atoms with Crippen LogP contribution in [0.15, 0.2) is 15.6 Å². The molecule has 0 aliphatic heterocycles. The van der Waals surface area contributed by atoms with Gasteiger partial charge in [-0.1, -0.05) is 0 Å². The summed E-state index contributed by atoms with van der Waals surface area (Å²) in [6.45, 7) is 1.45. The normalized spacial score (nSPS) is 15.2. The fourth-order valence-electron chi connectivity index (χ4n) is 0.517. The van der Waals surface area contributed by atoms with Crippen molar-refractivity contribution in [3.05, 3.63) is 10.6 Å². The van der Waals surface area contributed by atoms with Crippen molar-refractivity contribution >= 4 is 16.2 Å². The lowest BCUT2D eigenvalue weighted by atomic mass is 10.5. The Morgan fingerprint density at radius 1 is 1.55 bits per heavy atom. The third-order valence-electron chi connectivity index (χ3n) is 0.942. The zero-order chi connectivity index (χ0) is 9.07. The van der Waals surface area contributed by atoms with Crippen molar-refractivity contribution in [2.45, 2.75) is 6.92 Å². The lowest BCUT2D eigenvalue weighted by Crippen LogP contribution is -2.19. The number of sulfonamides is 1. The van der Waals surface area contributed by atoms with Crippen LogP contribution in [0.3, 0.4) is 0 Å². The van der Waals surface area contributed by atoms with Gasteiger partial charge in [-0.05, 0) is 6.92 Å². The summed E-state index contributed by atoms with van der Waals surface area (Å²) in [5.41, 5.74) is 5.38. The fourth-order valence-corrected chi connectivity index (χ4v) is 1.22. The molecule has 0 aromatic heterocycles. The summed E-state index contributed by atoms with van der Waals surface area (Å²) in [6.07, 6.45) is 1.12. The van der Waals surface area contributed by atoms with Gasteiger partial charge in [0.15, 0.2) is 0 Å². The smallest absolute Gasteiger partial charge is 0.241 e. The van der Waals surface area contributed by atoms with Crippen LogP contribution in [0.1, 0.15) is 6.92 Å². The van der Waals surface area contributed by atoms with Crippen LogP contribution < -0.4 is 10.9 Å². The Bertz CT molecular complexity index is 285. The van der Waals surface area contributed by atoms with E-state index in [-0.39, 0.29) is 10.6 Å². The van der Waals surface area contributed by atoms with Crippen molar-refractivity contribution in [3.8, 4) is 0 Å². The number of allylic oxidation sites excluding steroid dienone is 2. The minimum atomic E-state index is -3.72. The highest BCUT2D eigenvalue weighted by atomic mass is 32.2. The van der Waals surface area contributed by atoms with Crippen LogP contribution >= 0.6 is 0 Å². The summed E-state index contributed by atoms with van der Waals surface area (Å²) in [6, 6.07) is 0. The van der Waals surface area contributed by atoms with Crippen LogP contribution in [-0.2, 0) is 10.0 Å². The van der Waals surface area contributed by atoms with Gasteiger partial charge in [0.1, 0.15) is 4.91 Å². The van der Waals surface area contributed by atoms with Gasteiger partial charge in [-0.15, -0.1) is 0 Å². The number of aliphatic imine (C=N–C) groups is 1. The van der Waals surface area contributed by atoms with E-state index >= 15 is 0 Å². The van der Waals surface area contributed by atoms with Crippen molar-refractivity contribution in [3.63, 3.8) is 0 Å². The number of hydrogen-bond acceptors (Lipinski definition) is 4. The first-order valence-corrected chi connectivity index (χ1v) is 4.35. The Balaban J connectivity index is 5.14. The average Bonchev–Trinajstić information content (AvgIpc) is 1.79. The molecule has 11 heavy (non-hydrogen) atoms. The maximum absolute atomic E-state index is 10.7. The van der Waals surface area contributed by atoms with Gasteiger partial charge in [0, 0.05) is 19.0 Å². The highest BCUT2D eigenvalue weighted by molar-refractivity contribution is 7.94. The minimum absolute atomic E-state index is 0.137. The Morgan fingerprint density at radius 3 is 2.09 bits per heavy atom. The second-order valence-electron chi connectivity index (χ2n) is 1.98. The van der Waals surface area contributed by atoms with Crippen molar-refractivity contribution < 1.29 is 8.42 Å². The van der Waals surface area contributed by atoms with Crippen LogP contribution in [-0.4, -0.2) is 21.7 Å². The third kappa shape index (κ3) is 3.15. The van der Waals surface area contributed by atoms with Gasteiger partial charge in [0.05, 0.1) is 0 Å². The van der Waals surface area contributed by atoms with Crippen LogP contribution in [0.4, 0.5) is 0 Å². The van der Waals surface area contributed by atoms with Gasteiger partial charge in [0.2, 0.25) is 10.0 Å². The molecule has 4 N–H and O–H groups in total. The molecule has 0 aromatic carbocycles. The van der Waals surface area contributed by atoms with E-state index in [1.54, 1.807) is 0 Å². The zero-order valence-corrected chi connectivity index (χ0v) is 7.22. The molecule has 0 saturated heterocycles. The molecule has 0 saturated carbocycles. The van der Waals surface area contributed by atoms with Crippen molar-refractivity contribution in [2.75, 3.05) is 7.05 Å². The molecule has 0 fully saturated rings. The summed E-state index contributed by atoms with van der Waals surface area (Å²) in [4.78, 5) is 3.36. The highest BCUT2D eigenvalue weighted by Crippen LogP contribution is 2.00. The molecule has 0 rings (SSSR count). The summed E-state index contributed by atoms with van der Waals surface area (Å²) in [5, 5.41) is 4.81. The van der Waals surface area contributed by atoms with Crippen LogP contribution in [0.5, 0.6) is 0 Å². The molecule has 5 nitrogen and oxygen atoms in total. The number of nitrogens with zero attached hydrogens (tertiary/aromatic N) is 1. The Kier molecular flexibility index (Phi) is 3.21. The largest absolute Gasteiger partial charge is 0.401 e. The van der Waals surface area contributed by atoms with Gasteiger partial charge < -0.3 is 5.73 Å². The number of primary sulfonamides is 1. The van der Waals surface area contributed by atoms with E-state index in [0.717, 1.165) is 6.21 Å². The SMILES string of the molecule is CN=CC(=C(C)N)S(N)(=O)=O. The Morgan fingerprint density at radius 2 is 2.00 bits per heavy atom. The second-order valence-corrected chi connectivity index (χ2v) is 3.51. The standard InChI is InChI=1S/C5H11N3O2S/c1-4(6)5(3-8-2)11(7,9)10/h3H,6H2,1-2H3,(H2,7,9,10). The summed E-state index contributed by atoms with van der Waals surface area (Å²) >= 11 is 0.